The first kappa shape index (κ1) is 16.1. The monoisotopic (exact) mass is 333 g/mol. The lowest BCUT2D eigenvalue weighted by molar-refractivity contribution is -0.117. The number of carbonyl (C=O) groups excluding carboxylic acids is 1. The molecule has 1 aromatic carbocycles. The molecule has 0 saturated heterocycles. The van der Waals surface area contributed by atoms with Crippen LogP contribution in [0.2, 0.25) is 0 Å². The Balaban J connectivity index is 1.54. The van der Waals surface area contributed by atoms with Crippen molar-refractivity contribution in [2.24, 2.45) is 5.92 Å². The summed E-state index contributed by atoms with van der Waals surface area (Å²) >= 11 is 1.43. The number of rotatable bonds is 7. The fourth-order valence-corrected chi connectivity index (χ4v) is 3.52. The smallest absolute Gasteiger partial charge is 0.229 e. The number of nitrogens with zero attached hydrogens (tertiary/aromatic N) is 2. The van der Waals surface area contributed by atoms with Gasteiger partial charge in [-0.1, -0.05) is 49.3 Å². The molecular weight excluding hydrogens is 313 g/mol. The van der Waals surface area contributed by atoms with Crippen LogP contribution in [0.5, 0.6) is 0 Å². The summed E-state index contributed by atoms with van der Waals surface area (Å²) in [6, 6.07) is 6.66. The van der Waals surface area contributed by atoms with E-state index in [1.54, 1.807) is 18.2 Å². The van der Waals surface area contributed by atoms with Crippen LogP contribution >= 0.6 is 11.3 Å². The number of hydrogen-bond acceptors (Lipinski definition) is 4. The van der Waals surface area contributed by atoms with Gasteiger partial charge in [0.25, 0.3) is 0 Å². The van der Waals surface area contributed by atoms with Crippen molar-refractivity contribution in [3.63, 3.8) is 0 Å². The van der Waals surface area contributed by atoms with Crippen molar-refractivity contribution >= 4 is 22.4 Å². The highest BCUT2D eigenvalue weighted by Gasteiger charge is 2.45. The quantitative estimate of drug-likeness (QED) is 0.774. The lowest BCUT2D eigenvalue weighted by Crippen LogP contribution is -2.14. The Bertz CT molecular complexity index is 688. The summed E-state index contributed by atoms with van der Waals surface area (Å²) in [5.41, 5.74) is 0.630. The zero-order valence-corrected chi connectivity index (χ0v) is 13.9. The SMILES string of the molecule is CCCCCc1nnc(NC(=O)C2CC2c2ccccc2F)s1. The number of hydrogen-bond donors (Lipinski definition) is 1. The van der Waals surface area contributed by atoms with Crippen LogP contribution in [0, 0.1) is 11.7 Å². The lowest BCUT2D eigenvalue weighted by atomic mass is 10.1. The molecule has 0 radical (unpaired) electrons. The van der Waals surface area contributed by atoms with E-state index < -0.39 is 0 Å². The summed E-state index contributed by atoms with van der Waals surface area (Å²) in [5, 5.41) is 12.4. The van der Waals surface area contributed by atoms with E-state index in [2.05, 4.69) is 22.4 Å². The van der Waals surface area contributed by atoms with Crippen molar-refractivity contribution < 1.29 is 9.18 Å². The number of aryl methyl sites for hydroxylation is 1. The summed E-state index contributed by atoms with van der Waals surface area (Å²) in [6.07, 6.45) is 5.03. The van der Waals surface area contributed by atoms with Gasteiger partial charge in [-0.05, 0) is 30.4 Å². The second-order valence-corrected chi connectivity index (χ2v) is 6.98. The first-order valence-corrected chi connectivity index (χ1v) is 8.88. The van der Waals surface area contributed by atoms with E-state index in [9.17, 15) is 9.18 Å². The highest BCUT2D eigenvalue weighted by Crippen LogP contribution is 2.48. The van der Waals surface area contributed by atoms with Gasteiger partial charge in [-0.3, -0.25) is 4.79 Å². The fourth-order valence-electron chi connectivity index (χ4n) is 2.73. The number of halogens is 1. The third-order valence-corrected chi connectivity index (χ3v) is 5.02. The maximum absolute atomic E-state index is 13.7. The molecule has 1 aliphatic rings. The van der Waals surface area contributed by atoms with Gasteiger partial charge >= 0.3 is 0 Å². The zero-order chi connectivity index (χ0) is 16.2. The predicted octanol–water partition coefficient (Wildman–Crippen LogP) is 4.15. The number of amides is 1. The van der Waals surface area contributed by atoms with Gasteiger partial charge in [-0.15, -0.1) is 10.2 Å². The van der Waals surface area contributed by atoms with E-state index in [1.165, 1.54) is 30.2 Å². The van der Waals surface area contributed by atoms with Crippen molar-refractivity contribution in [3.8, 4) is 0 Å². The summed E-state index contributed by atoms with van der Waals surface area (Å²) in [6.45, 7) is 2.16. The average Bonchev–Trinajstić information content (AvgIpc) is 3.22. The predicted molar refractivity (Wildman–Crippen MR) is 89.0 cm³/mol. The Morgan fingerprint density at radius 1 is 1.35 bits per heavy atom. The third-order valence-electron chi connectivity index (χ3n) is 4.12. The second kappa shape index (κ2) is 7.17. The van der Waals surface area contributed by atoms with Gasteiger partial charge in [0.2, 0.25) is 11.0 Å². The van der Waals surface area contributed by atoms with Gasteiger partial charge in [0, 0.05) is 12.3 Å². The minimum atomic E-state index is -0.234. The van der Waals surface area contributed by atoms with Gasteiger partial charge in [-0.2, -0.15) is 0 Å². The number of aromatic nitrogens is 2. The number of unbranched alkanes of at least 4 members (excludes halogenated alkanes) is 2. The Labute approximate surface area is 139 Å². The van der Waals surface area contributed by atoms with E-state index in [4.69, 9.17) is 0 Å². The molecule has 1 amide bonds. The van der Waals surface area contributed by atoms with Crippen LogP contribution in [-0.4, -0.2) is 16.1 Å². The van der Waals surface area contributed by atoms with E-state index in [0.717, 1.165) is 17.8 Å². The summed E-state index contributed by atoms with van der Waals surface area (Å²) < 4.78 is 13.7. The molecule has 3 rings (SSSR count). The molecule has 1 N–H and O–H groups in total. The van der Waals surface area contributed by atoms with Crippen molar-refractivity contribution in [1.29, 1.82) is 0 Å². The first-order chi connectivity index (χ1) is 11.2. The molecule has 1 aliphatic carbocycles. The molecule has 122 valence electrons. The molecule has 2 aromatic rings. The Kier molecular flexibility index (Phi) is 5.00. The molecule has 1 aromatic heterocycles. The molecule has 2 unspecified atom stereocenters. The van der Waals surface area contributed by atoms with Crippen LogP contribution in [0.3, 0.4) is 0 Å². The molecule has 0 aliphatic heterocycles. The van der Waals surface area contributed by atoms with Crippen molar-refractivity contribution in [3.05, 3.63) is 40.7 Å². The van der Waals surface area contributed by atoms with Crippen LogP contribution in [0.4, 0.5) is 9.52 Å². The van der Waals surface area contributed by atoms with E-state index in [-0.39, 0.29) is 23.6 Å². The number of nitrogens with one attached hydrogen (secondary N) is 1. The van der Waals surface area contributed by atoms with Crippen LogP contribution in [-0.2, 0) is 11.2 Å². The van der Waals surface area contributed by atoms with Crippen molar-refractivity contribution in [1.82, 2.24) is 10.2 Å². The Morgan fingerprint density at radius 2 is 2.17 bits per heavy atom. The summed E-state index contributed by atoms with van der Waals surface area (Å²) in [5.74, 6) is -0.510. The standard InChI is InChI=1S/C17H20FN3OS/c1-2-3-4-9-15-20-21-17(23-15)19-16(22)13-10-12(13)11-7-5-6-8-14(11)18/h5-8,12-13H,2-4,9-10H2,1H3,(H,19,21,22). The molecule has 0 spiro atoms. The van der Waals surface area contributed by atoms with E-state index in [0.29, 0.717) is 17.1 Å². The number of carbonyl (C=O) groups is 1. The van der Waals surface area contributed by atoms with Gasteiger partial charge < -0.3 is 5.32 Å². The molecular formula is C17H20FN3OS. The number of benzene rings is 1. The summed E-state index contributed by atoms with van der Waals surface area (Å²) in [7, 11) is 0. The largest absolute Gasteiger partial charge is 0.300 e. The van der Waals surface area contributed by atoms with Gasteiger partial charge in [0.05, 0.1) is 0 Å². The van der Waals surface area contributed by atoms with Crippen molar-refractivity contribution in [2.45, 2.75) is 44.9 Å². The highest BCUT2D eigenvalue weighted by molar-refractivity contribution is 7.15. The van der Waals surface area contributed by atoms with Gasteiger partial charge in [0.1, 0.15) is 10.8 Å². The lowest BCUT2D eigenvalue weighted by Gasteiger charge is -2.02. The van der Waals surface area contributed by atoms with Crippen LogP contribution < -0.4 is 5.32 Å². The molecule has 2 atom stereocenters. The normalized spacial score (nSPS) is 19.6. The fraction of sp³-hybridized carbons (Fsp3) is 0.471. The highest BCUT2D eigenvalue weighted by atomic mass is 32.1. The minimum absolute atomic E-state index is 0.0202. The van der Waals surface area contributed by atoms with Crippen LogP contribution in [0.1, 0.15) is 49.1 Å². The van der Waals surface area contributed by atoms with Gasteiger partial charge in [0.15, 0.2) is 0 Å². The Hall–Kier alpha value is -1.82. The molecule has 1 fully saturated rings. The molecule has 1 saturated carbocycles. The van der Waals surface area contributed by atoms with Gasteiger partial charge in [-0.25, -0.2) is 4.39 Å². The van der Waals surface area contributed by atoms with E-state index >= 15 is 0 Å². The number of anilines is 1. The minimum Gasteiger partial charge on any atom is -0.300 e. The topological polar surface area (TPSA) is 54.9 Å². The molecule has 0 bridgehead atoms. The molecule has 4 nitrogen and oxygen atoms in total. The second-order valence-electron chi connectivity index (χ2n) is 5.92. The molecule has 6 heteroatoms. The average molecular weight is 333 g/mol. The maximum atomic E-state index is 13.7. The van der Waals surface area contributed by atoms with E-state index in [1.807, 2.05) is 0 Å². The first-order valence-electron chi connectivity index (χ1n) is 8.06. The molecule has 23 heavy (non-hydrogen) atoms. The Morgan fingerprint density at radius 3 is 2.96 bits per heavy atom. The zero-order valence-electron chi connectivity index (χ0n) is 13.1. The molecule has 1 heterocycles. The third kappa shape index (κ3) is 3.93. The van der Waals surface area contributed by atoms with Crippen LogP contribution in [0.25, 0.3) is 0 Å². The van der Waals surface area contributed by atoms with Crippen molar-refractivity contribution in [2.75, 3.05) is 5.32 Å². The summed E-state index contributed by atoms with van der Waals surface area (Å²) in [4.78, 5) is 12.2. The maximum Gasteiger partial charge on any atom is 0.229 e. The van der Waals surface area contributed by atoms with Crippen LogP contribution in [0.15, 0.2) is 24.3 Å².